The summed E-state index contributed by atoms with van der Waals surface area (Å²) in [5.41, 5.74) is 2.83. The molecule has 0 aliphatic carbocycles. The fraction of sp³-hybridized carbons (Fsp3) is 0.263. The van der Waals surface area contributed by atoms with Gasteiger partial charge in [0.05, 0.1) is 0 Å². The Labute approximate surface area is 136 Å². The molecule has 0 spiro atoms. The van der Waals surface area contributed by atoms with Crippen LogP contribution >= 0.6 is 0 Å². The smallest absolute Gasteiger partial charge is 0.255 e. The van der Waals surface area contributed by atoms with Crippen molar-refractivity contribution in [3.8, 4) is 0 Å². The first-order chi connectivity index (χ1) is 11.0. The number of amides is 2. The van der Waals surface area contributed by atoms with Crippen LogP contribution in [0.1, 0.15) is 46.5 Å². The molecular weight excluding hydrogens is 288 g/mol. The minimum Gasteiger partial charge on any atom is -0.350 e. The zero-order valence-corrected chi connectivity index (χ0v) is 13.7. The van der Waals surface area contributed by atoms with Crippen molar-refractivity contribution in [2.45, 2.75) is 33.2 Å². The van der Waals surface area contributed by atoms with Gasteiger partial charge in [0.25, 0.3) is 11.8 Å². The summed E-state index contributed by atoms with van der Waals surface area (Å²) in [6, 6.07) is 14.4. The van der Waals surface area contributed by atoms with E-state index in [1.54, 1.807) is 36.4 Å². The minimum atomic E-state index is -0.190. The van der Waals surface area contributed by atoms with Gasteiger partial charge in [-0.05, 0) is 50.6 Å². The third-order valence-electron chi connectivity index (χ3n) is 3.69. The molecule has 0 saturated heterocycles. The monoisotopic (exact) mass is 310 g/mol. The van der Waals surface area contributed by atoms with Gasteiger partial charge < -0.3 is 10.6 Å². The molecular formula is C19H22N2O2. The molecule has 0 heterocycles. The molecule has 2 N–H and O–H groups in total. The quantitative estimate of drug-likeness (QED) is 0.883. The van der Waals surface area contributed by atoms with E-state index in [2.05, 4.69) is 10.6 Å². The Morgan fingerprint density at radius 2 is 1.70 bits per heavy atom. The van der Waals surface area contributed by atoms with E-state index >= 15 is 0 Å². The first-order valence-corrected chi connectivity index (χ1v) is 7.78. The maximum Gasteiger partial charge on any atom is 0.255 e. The van der Waals surface area contributed by atoms with Crippen LogP contribution in [-0.2, 0) is 0 Å². The van der Waals surface area contributed by atoms with Crippen molar-refractivity contribution in [2.24, 2.45) is 0 Å². The summed E-state index contributed by atoms with van der Waals surface area (Å²) in [4.78, 5) is 24.4. The molecule has 120 valence electrons. The lowest BCUT2D eigenvalue weighted by atomic mass is 10.1. The van der Waals surface area contributed by atoms with E-state index < -0.39 is 0 Å². The second kappa shape index (κ2) is 7.58. The molecule has 0 radical (unpaired) electrons. The molecule has 0 saturated carbocycles. The van der Waals surface area contributed by atoms with Crippen LogP contribution in [0.2, 0.25) is 0 Å². The highest BCUT2D eigenvalue weighted by molar-refractivity contribution is 6.05. The van der Waals surface area contributed by atoms with Crippen LogP contribution in [0.15, 0.2) is 48.5 Å². The van der Waals surface area contributed by atoms with E-state index in [1.165, 1.54) is 0 Å². The number of rotatable bonds is 5. The molecule has 1 atom stereocenters. The fourth-order valence-electron chi connectivity index (χ4n) is 2.06. The number of benzene rings is 2. The van der Waals surface area contributed by atoms with Crippen LogP contribution in [0.5, 0.6) is 0 Å². The highest BCUT2D eigenvalue weighted by atomic mass is 16.2. The van der Waals surface area contributed by atoms with E-state index in [4.69, 9.17) is 0 Å². The average molecular weight is 310 g/mol. The Kier molecular flexibility index (Phi) is 5.52. The number of hydrogen-bond donors (Lipinski definition) is 2. The van der Waals surface area contributed by atoms with Crippen molar-refractivity contribution in [3.63, 3.8) is 0 Å². The van der Waals surface area contributed by atoms with Gasteiger partial charge in [0.2, 0.25) is 0 Å². The van der Waals surface area contributed by atoms with Crippen molar-refractivity contribution >= 4 is 17.5 Å². The van der Waals surface area contributed by atoms with Crippen molar-refractivity contribution in [2.75, 3.05) is 5.32 Å². The van der Waals surface area contributed by atoms with Crippen LogP contribution in [0, 0.1) is 6.92 Å². The Bertz CT molecular complexity index is 693. The second-order valence-corrected chi connectivity index (χ2v) is 5.68. The normalized spacial score (nSPS) is 11.6. The van der Waals surface area contributed by atoms with E-state index in [1.807, 2.05) is 32.9 Å². The van der Waals surface area contributed by atoms with Crippen molar-refractivity contribution in [1.29, 1.82) is 0 Å². The van der Waals surface area contributed by atoms with Crippen molar-refractivity contribution in [3.05, 3.63) is 65.2 Å². The van der Waals surface area contributed by atoms with Crippen molar-refractivity contribution in [1.82, 2.24) is 5.32 Å². The molecule has 0 aliphatic rings. The van der Waals surface area contributed by atoms with E-state index in [-0.39, 0.29) is 17.9 Å². The van der Waals surface area contributed by atoms with Crippen LogP contribution in [0.3, 0.4) is 0 Å². The van der Waals surface area contributed by atoms with E-state index in [0.29, 0.717) is 16.8 Å². The third kappa shape index (κ3) is 4.68. The van der Waals surface area contributed by atoms with Gasteiger partial charge in [0.15, 0.2) is 0 Å². The van der Waals surface area contributed by atoms with Crippen LogP contribution in [0.25, 0.3) is 0 Å². The molecule has 2 aromatic rings. The maximum atomic E-state index is 12.2. The van der Waals surface area contributed by atoms with Gasteiger partial charge in [-0.15, -0.1) is 0 Å². The number of nitrogens with one attached hydrogen (secondary N) is 2. The topological polar surface area (TPSA) is 58.2 Å². The lowest BCUT2D eigenvalue weighted by molar-refractivity contribution is 0.0938. The standard InChI is InChI=1S/C19H22N2O2/c1-4-14(3)20-19(23)16-6-5-7-17(12-16)21-18(22)15-10-8-13(2)9-11-15/h5-12,14H,4H2,1-3H3,(H,20,23)(H,21,22)/t14-/m1/s1. The Morgan fingerprint density at radius 3 is 2.35 bits per heavy atom. The molecule has 2 rings (SSSR count). The number of carbonyl (C=O) groups is 2. The van der Waals surface area contributed by atoms with Gasteiger partial charge in [-0.1, -0.05) is 30.7 Å². The highest BCUT2D eigenvalue weighted by Gasteiger charge is 2.10. The zero-order chi connectivity index (χ0) is 16.8. The lowest BCUT2D eigenvalue weighted by Gasteiger charge is -2.12. The summed E-state index contributed by atoms with van der Waals surface area (Å²) in [5, 5.41) is 5.73. The average Bonchev–Trinajstić information content (AvgIpc) is 2.55. The molecule has 0 bridgehead atoms. The number of aryl methyl sites for hydroxylation is 1. The van der Waals surface area contributed by atoms with Crippen LogP contribution in [0.4, 0.5) is 5.69 Å². The molecule has 0 aliphatic heterocycles. The minimum absolute atomic E-state index is 0.119. The number of carbonyl (C=O) groups excluding carboxylic acids is 2. The first-order valence-electron chi connectivity index (χ1n) is 7.78. The predicted octanol–water partition coefficient (Wildman–Crippen LogP) is 3.78. The molecule has 0 fully saturated rings. The first kappa shape index (κ1) is 16.7. The van der Waals surface area contributed by atoms with Gasteiger partial charge >= 0.3 is 0 Å². The van der Waals surface area contributed by atoms with Crippen LogP contribution in [-0.4, -0.2) is 17.9 Å². The molecule has 2 aromatic carbocycles. The number of hydrogen-bond acceptors (Lipinski definition) is 2. The second-order valence-electron chi connectivity index (χ2n) is 5.68. The third-order valence-corrected chi connectivity index (χ3v) is 3.69. The largest absolute Gasteiger partial charge is 0.350 e. The summed E-state index contributed by atoms with van der Waals surface area (Å²) in [6.07, 6.45) is 0.871. The summed E-state index contributed by atoms with van der Waals surface area (Å²) < 4.78 is 0. The molecule has 2 amide bonds. The summed E-state index contributed by atoms with van der Waals surface area (Å²) in [5.74, 6) is -0.324. The van der Waals surface area contributed by atoms with E-state index in [9.17, 15) is 9.59 Å². The summed E-state index contributed by atoms with van der Waals surface area (Å²) in [7, 11) is 0. The highest BCUT2D eigenvalue weighted by Crippen LogP contribution is 2.13. The predicted molar refractivity (Wildman–Crippen MR) is 92.8 cm³/mol. The van der Waals surface area contributed by atoms with E-state index in [0.717, 1.165) is 12.0 Å². The van der Waals surface area contributed by atoms with Gasteiger partial charge in [-0.25, -0.2) is 0 Å². The Hall–Kier alpha value is -2.62. The SMILES string of the molecule is CC[C@@H](C)NC(=O)c1cccc(NC(=O)c2ccc(C)cc2)c1. The number of anilines is 1. The molecule has 0 aromatic heterocycles. The summed E-state index contributed by atoms with van der Waals surface area (Å²) in [6.45, 7) is 5.95. The fourth-order valence-corrected chi connectivity index (χ4v) is 2.06. The lowest BCUT2D eigenvalue weighted by Crippen LogP contribution is -2.31. The molecule has 23 heavy (non-hydrogen) atoms. The maximum absolute atomic E-state index is 12.2. The Morgan fingerprint density at radius 1 is 1.00 bits per heavy atom. The van der Waals surface area contributed by atoms with Gasteiger partial charge in [-0.3, -0.25) is 9.59 Å². The zero-order valence-electron chi connectivity index (χ0n) is 13.7. The van der Waals surface area contributed by atoms with Crippen LogP contribution < -0.4 is 10.6 Å². The van der Waals surface area contributed by atoms with Gasteiger partial charge in [0.1, 0.15) is 0 Å². The molecule has 0 unspecified atom stereocenters. The van der Waals surface area contributed by atoms with Gasteiger partial charge in [0, 0.05) is 22.9 Å². The summed E-state index contributed by atoms with van der Waals surface area (Å²) >= 11 is 0. The van der Waals surface area contributed by atoms with Crippen molar-refractivity contribution < 1.29 is 9.59 Å². The molecule has 4 nitrogen and oxygen atoms in total. The van der Waals surface area contributed by atoms with Gasteiger partial charge in [-0.2, -0.15) is 0 Å². The molecule has 4 heteroatoms. The Balaban J connectivity index is 2.09.